The third-order valence-corrected chi connectivity index (χ3v) is 4.81. The maximum atomic E-state index is 12.4. The molecule has 1 atom stereocenters. The van der Waals surface area contributed by atoms with Crippen LogP contribution in [-0.4, -0.2) is 65.3 Å². The molecule has 1 rings (SSSR count). The van der Waals surface area contributed by atoms with E-state index < -0.39 is 16.1 Å². The Balaban J connectivity index is 2.86. The molecule has 7 nitrogen and oxygen atoms in total. The summed E-state index contributed by atoms with van der Waals surface area (Å²) >= 11 is 0. The number of hydrogen-bond acceptors (Lipinski definition) is 5. The summed E-state index contributed by atoms with van der Waals surface area (Å²) in [4.78, 5) is 14.4. The quantitative estimate of drug-likeness (QED) is 0.628. The summed E-state index contributed by atoms with van der Waals surface area (Å²) in [5, 5.41) is 2.80. The van der Waals surface area contributed by atoms with E-state index in [1.807, 2.05) is 25.9 Å². The first-order valence-corrected chi connectivity index (χ1v) is 10.2. The van der Waals surface area contributed by atoms with E-state index in [4.69, 9.17) is 4.74 Å². The van der Waals surface area contributed by atoms with Crippen LogP contribution in [0.4, 0.5) is 5.69 Å². The predicted molar refractivity (Wildman–Crippen MR) is 101 cm³/mol. The van der Waals surface area contributed by atoms with Crippen LogP contribution in [0.25, 0.3) is 0 Å². The number of amides is 1. The molecule has 0 heterocycles. The third-order valence-electron chi connectivity index (χ3n) is 3.57. The van der Waals surface area contributed by atoms with E-state index in [9.17, 15) is 13.2 Å². The molecule has 0 aliphatic rings. The van der Waals surface area contributed by atoms with Gasteiger partial charge in [0.15, 0.2) is 0 Å². The maximum Gasteiger partial charge on any atom is 0.243 e. The van der Waals surface area contributed by atoms with Crippen molar-refractivity contribution in [1.82, 2.24) is 10.2 Å². The highest BCUT2D eigenvalue weighted by Crippen LogP contribution is 2.24. The van der Waals surface area contributed by atoms with Gasteiger partial charge in [-0.2, -0.15) is 0 Å². The van der Waals surface area contributed by atoms with Crippen LogP contribution in [0, 0.1) is 0 Å². The second-order valence-electron chi connectivity index (χ2n) is 6.11. The van der Waals surface area contributed by atoms with Crippen LogP contribution < -0.4 is 14.4 Å². The van der Waals surface area contributed by atoms with Gasteiger partial charge in [-0.1, -0.05) is 0 Å². The molecular weight excluding hydrogens is 342 g/mol. The standard InChI is InChI=1S/C17H29N3O4S/c1-6-24-16-10-8-15(9-11-16)20(25(5,22)23)14(2)17(21)18-12-7-13-19(3)4/h8-11,14H,6-7,12-13H2,1-5H3,(H,18,21)/t14-/m1/s1. The van der Waals surface area contributed by atoms with Crippen molar-refractivity contribution in [1.29, 1.82) is 0 Å². The SMILES string of the molecule is CCOc1ccc(N([C@H](C)C(=O)NCCCN(C)C)S(C)(=O)=O)cc1. The van der Waals surface area contributed by atoms with Gasteiger partial charge in [0.25, 0.3) is 0 Å². The summed E-state index contributed by atoms with van der Waals surface area (Å²) in [5.74, 6) is 0.332. The highest BCUT2D eigenvalue weighted by molar-refractivity contribution is 7.92. The monoisotopic (exact) mass is 371 g/mol. The number of nitrogens with zero attached hydrogens (tertiary/aromatic N) is 2. The van der Waals surface area contributed by atoms with Gasteiger partial charge < -0.3 is 15.0 Å². The smallest absolute Gasteiger partial charge is 0.243 e. The first-order valence-electron chi connectivity index (χ1n) is 8.31. The molecule has 0 saturated heterocycles. The summed E-state index contributed by atoms with van der Waals surface area (Å²) in [6.45, 7) is 5.34. The summed E-state index contributed by atoms with van der Waals surface area (Å²) in [7, 11) is 0.312. The van der Waals surface area contributed by atoms with E-state index in [0.29, 0.717) is 24.6 Å². The van der Waals surface area contributed by atoms with E-state index in [-0.39, 0.29) is 5.91 Å². The first kappa shape index (κ1) is 21.2. The van der Waals surface area contributed by atoms with Gasteiger partial charge in [-0.3, -0.25) is 9.10 Å². The molecule has 8 heteroatoms. The molecule has 1 amide bonds. The van der Waals surface area contributed by atoms with E-state index >= 15 is 0 Å². The largest absolute Gasteiger partial charge is 0.494 e. The van der Waals surface area contributed by atoms with Crippen molar-refractivity contribution < 1.29 is 17.9 Å². The Kier molecular flexibility index (Phi) is 8.18. The van der Waals surface area contributed by atoms with Crippen molar-refractivity contribution in [2.45, 2.75) is 26.3 Å². The highest BCUT2D eigenvalue weighted by atomic mass is 32.2. The molecule has 1 N–H and O–H groups in total. The Labute approximate surface area is 151 Å². The van der Waals surface area contributed by atoms with Gasteiger partial charge in [0, 0.05) is 6.54 Å². The third kappa shape index (κ3) is 6.91. The molecule has 1 aromatic rings. The van der Waals surface area contributed by atoms with Gasteiger partial charge in [-0.25, -0.2) is 8.42 Å². The summed E-state index contributed by atoms with van der Waals surface area (Å²) in [6, 6.07) is 5.83. The second kappa shape index (κ2) is 9.62. The number of sulfonamides is 1. The zero-order chi connectivity index (χ0) is 19.0. The normalized spacial score (nSPS) is 12.7. The Morgan fingerprint density at radius 1 is 1.24 bits per heavy atom. The number of carbonyl (C=O) groups is 1. The molecule has 142 valence electrons. The number of nitrogens with one attached hydrogen (secondary N) is 1. The molecule has 0 unspecified atom stereocenters. The van der Waals surface area contributed by atoms with E-state index in [1.165, 1.54) is 0 Å². The molecule has 25 heavy (non-hydrogen) atoms. The van der Waals surface area contributed by atoms with Gasteiger partial charge in [0.2, 0.25) is 15.9 Å². The van der Waals surface area contributed by atoms with Crippen LogP contribution >= 0.6 is 0 Å². The Morgan fingerprint density at radius 2 is 1.84 bits per heavy atom. The van der Waals surface area contributed by atoms with Crippen LogP contribution in [0.2, 0.25) is 0 Å². The van der Waals surface area contributed by atoms with Crippen LogP contribution in [0.5, 0.6) is 5.75 Å². The van der Waals surface area contributed by atoms with Crippen LogP contribution in [0.15, 0.2) is 24.3 Å². The topological polar surface area (TPSA) is 79.0 Å². The average molecular weight is 372 g/mol. The van der Waals surface area contributed by atoms with Crippen LogP contribution in [0.3, 0.4) is 0 Å². The average Bonchev–Trinajstić information content (AvgIpc) is 2.52. The lowest BCUT2D eigenvalue weighted by Gasteiger charge is -2.28. The molecule has 0 bridgehead atoms. The number of carbonyl (C=O) groups excluding carboxylic acids is 1. The zero-order valence-electron chi connectivity index (χ0n) is 15.7. The minimum Gasteiger partial charge on any atom is -0.494 e. The molecule has 1 aromatic carbocycles. The summed E-state index contributed by atoms with van der Waals surface area (Å²) < 4.78 is 30.9. The minimum absolute atomic E-state index is 0.321. The van der Waals surface area contributed by atoms with Crippen molar-refractivity contribution in [3.05, 3.63) is 24.3 Å². The van der Waals surface area contributed by atoms with E-state index in [0.717, 1.165) is 23.5 Å². The van der Waals surface area contributed by atoms with Crippen molar-refractivity contribution >= 4 is 21.6 Å². The fourth-order valence-electron chi connectivity index (χ4n) is 2.42. The van der Waals surface area contributed by atoms with Crippen molar-refractivity contribution in [2.24, 2.45) is 0 Å². The number of benzene rings is 1. The van der Waals surface area contributed by atoms with Gasteiger partial charge in [-0.05, 0) is 65.2 Å². The molecular formula is C17H29N3O4S. The molecule has 0 spiro atoms. The van der Waals surface area contributed by atoms with Crippen molar-refractivity contribution in [2.75, 3.05) is 44.4 Å². The van der Waals surface area contributed by atoms with E-state index in [1.54, 1.807) is 31.2 Å². The Morgan fingerprint density at radius 3 is 2.32 bits per heavy atom. The lowest BCUT2D eigenvalue weighted by Crippen LogP contribution is -2.48. The number of rotatable bonds is 10. The van der Waals surface area contributed by atoms with Crippen LogP contribution in [-0.2, 0) is 14.8 Å². The fourth-order valence-corrected chi connectivity index (χ4v) is 3.59. The second-order valence-corrected chi connectivity index (χ2v) is 7.97. The number of anilines is 1. The summed E-state index contributed by atoms with van der Waals surface area (Å²) in [6.07, 6.45) is 1.90. The van der Waals surface area contributed by atoms with Gasteiger partial charge >= 0.3 is 0 Å². The molecule has 0 aliphatic carbocycles. The highest BCUT2D eigenvalue weighted by Gasteiger charge is 2.28. The molecule has 0 aliphatic heterocycles. The summed E-state index contributed by atoms with van der Waals surface area (Å²) in [5.41, 5.74) is 0.432. The lowest BCUT2D eigenvalue weighted by molar-refractivity contribution is -0.121. The molecule has 0 fully saturated rings. The first-order chi connectivity index (χ1) is 11.7. The predicted octanol–water partition coefficient (Wildman–Crippen LogP) is 1.31. The van der Waals surface area contributed by atoms with Crippen molar-refractivity contribution in [3.63, 3.8) is 0 Å². The number of hydrogen-bond donors (Lipinski definition) is 1. The van der Waals surface area contributed by atoms with Crippen molar-refractivity contribution in [3.8, 4) is 5.75 Å². The van der Waals surface area contributed by atoms with Crippen LogP contribution in [0.1, 0.15) is 20.3 Å². The Bertz CT molecular complexity index is 644. The Hall–Kier alpha value is -1.80. The molecule has 0 saturated carbocycles. The zero-order valence-corrected chi connectivity index (χ0v) is 16.5. The van der Waals surface area contributed by atoms with Gasteiger partial charge in [-0.15, -0.1) is 0 Å². The van der Waals surface area contributed by atoms with Gasteiger partial charge in [0.05, 0.1) is 18.6 Å². The van der Waals surface area contributed by atoms with Gasteiger partial charge in [0.1, 0.15) is 11.8 Å². The molecule has 0 radical (unpaired) electrons. The maximum absolute atomic E-state index is 12.4. The fraction of sp³-hybridized carbons (Fsp3) is 0.588. The lowest BCUT2D eigenvalue weighted by atomic mass is 10.2. The molecule has 0 aromatic heterocycles. The van der Waals surface area contributed by atoms with E-state index in [2.05, 4.69) is 5.32 Å². The number of ether oxygens (including phenoxy) is 1. The minimum atomic E-state index is -3.61.